The molecule has 0 atom stereocenters. The molecule has 3 aromatic rings. The maximum absolute atomic E-state index is 11.9. The van der Waals surface area contributed by atoms with Gasteiger partial charge in [-0.1, -0.05) is 24.3 Å². The second-order valence-electron chi connectivity index (χ2n) is 6.54. The van der Waals surface area contributed by atoms with E-state index in [-0.39, 0.29) is 16.1 Å². The zero-order chi connectivity index (χ0) is 22.1. The molecule has 0 saturated carbocycles. The quantitative estimate of drug-likeness (QED) is 0.323. The van der Waals surface area contributed by atoms with Crippen molar-refractivity contribution in [2.45, 2.75) is 11.8 Å². The Kier molecular flexibility index (Phi) is 5.59. The summed E-state index contributed by atoms with van der Waals surface area (Å²) >= 11 is 0. The summed E-state index contributed by atoms with van der Waals surface area (Å²) < 4.78 is 28.0. The predicted octanol–water partition coefficient (Wildman–Crippen LogP) is 2.27. The van der Waals surface area contributed by atoms with Gasteiger partial charge in [0.15, 0.2) is 0 Å². The summed E-state index contributed by atoms with van der Waals surface area (Å²) in [6, 6.07) is 15.8. The largest absolute Gasteiger partial charge is 0.427 e. The zero-order valence-corrected chi connectivity index (χ0v) is 16.8. The number of rotatable bonds is 5. The molecule has 0 bridgehead atoms. The van der Waals surface area contributed by atoms with E-state index >= 15 is 0 Å². The normalized spacial score (nSPS) is 11.1. The van der Waals surface area contributed by atoms with Gasteiger partial charge in [-0.15, -0.1) is 0 Å². The highest BCUT2D eigenvalue weighted by atomic mass is 32.2. The summed E-state index contributed by atoms with van der Waals surface area (Å²) in [6.07, 6.45) is 0. The van der Waals surface area contributed by atoms with Crippen molar-refractivity contribution in [3.63, 3.8) is 0 Å². The molecule has 6 N–H and O–H groups in total. The number of anilines is 1. The van der Waals surface area contributed by atoms with Crippen molar-refractivity contribution < 1.29 is 22.7 Å². The fourth-order valence-corrected chi connectivity index (χ4v) is 3.48. The zero-order valence-electron chi connectivity index (χ0n) is 16.0. The monoisotopic (exact) mass is 425 g/mol. The fraction of sp³-hybridized carbons (Fsp3) is 0.0476. The highest BCUT2D eigenvalue weighted by Gasteiger charge is 2.16. The third-order valence-electron chi connectivity index (χ3n) is 4.39. The van der Waals surface area contributed by atoms with Crippen molar-refractivity contribution in [1.29, 1.82) is 0 Å². The smallest absolute Gasteiger partial charge is 0.308 e. The second kappa shape index (κ2) is 7.97. The summed E-state index contributed by atoms with van der Waals surface area (Å²) in [5, 5.41) is 5.14. The number of hydrogen-bond acceptors (Lipinski definition) is 6. The van der Waals surface area contributed by atoms with Crippen molar-refractivity contribution in [2.24, 2.45) is 10.9 Å². The van der Waals surface area contributed by atoms with Crippen LogP contribution in [-0.2, 0) is 14.8 Å². The number of nitrogen functional groups attached to an aromatic ring is 1. The lowest BCUT2D eigenvalue weighted by molar-refractivity contribution is -0.131. The highest BCUT2D eigenvalue weighted by molar-refractivity contribution is 7.89. The first-order valence-corrected chi connectivity index (χ1v) is 10.3. The van der Waals surface area contributed by atoms with Crippen molar-refractivity contribution in [3.05, 3.63) is 66.2 Å². The molecule has 154 valence electrons. The van der Waals surface area contributed by atoms with Crippen LogP contribution >= 0.6 is 0 Å². The Bertz CT molecular complexity index is 1230. The Morgan fingerprint density at radius 3 is 1.93 bits per heavy atom. The third kappa shape index (κ3) is 4.48. The molecule has 0 fully saturated rings. The number of nitrogens with two attached hydrogens (primary N) is 3. The maximum Gasteiger partial charge on any atom is 0.308 e. The van der Waals surface area contributed by atoms with Crippen LogP contribution in [0.5, 0.6) is 5.75 Å². The molecule has 0 unspecified atom stereocenters. The van der Waals surface area contributed by atoms with Gasteiger partial charge in [0.25, 0.3) is 5.91 Å². The van der Waals surface area contributed by atoms with Gasteiger partial charge >= 0.3 is 5.97 Å². The molecule has 3 rings (SSSR count). The van der Waals surface area contributed by atoms with E-state index < -0.39 is 21.9 Å². The van der Waals surface area contributed by atoms with E-state index in [1.807, 2.05) is 0 Å². The number of benzene rings is 3. The highest BCUT2D eigenvalue weighted by Crippen LogP contribution is 2.35. The molecule has 0 aliphatic heterocycles. The molecule has 3 aromatic carbocycles. The first kappa shape index (κ1) is 21.0. The second-order valence-corrected chi connectivity index (χ2v) is 8.10. The molecule has 0 radical (unpaired) electrons. The molecular weight excluding hydrogens is 406 g/mol. The van der Waals surface area contributed by atoms with Crippen LogP contribution in [0.3, 0.4) is 0 Å². The first-order chi connectivity index (χ1) is 14.1. The van der Waals surface area contributed by atoms with Crippen molar-refractivity contribution >= 4 is 27.6 Å². The van der Waals surface area contributed by atoms with Crippen LogP contribution in [0.25, 0.3) is 22.3 Å². The number of hydrogen-bond donors (Lipinski definition) is 3. The summed E-state index contributed by atoms with van der Waals surface area (Å²) in [7, 11) is -3.84. The summed E-state index contributed by atoms with van der Waals surface area (Å²) in [4.78, 5) is 23.0. The fourth-order valence-electron chi connectivity index (χ4n) is 2.97. The van der Waals surface area contributed by atoms with Crippen LogP contribution in [-0.4, -0.2) is 20.3 Å². The van der Waals surface area contributed by atoms with E-state index in [4.69, 9.17) is 21.3 Å². The molecule has 0 aliphatic carbocycles. The Morgan fingerprint density at radius 2 is 1.43 bits per heavy atom. The van der Waals surface area contributed by atoms with Gasteiger partial charge in [0.2, 0.25) is 10.0 Å². The average Bonchev–Trinajstić information content (AvgIpc) is 2.67. The topological polar surface area (TPSA) is 156 Å². The molecule has 9 heteroatoms. The Labute approximate surface area is 173 Å². The summed E-state index contributed by atoms with van der Waals surface area (Å²) in [5.74, 6) is -0.750. The molecule has 8 nitrogen and oxygen atoms in total. The van der Waals surface area contributed by atoms with Crippen LogP contribution in [0.1, 0.15) is 17.3 Å². The molecule has 0 saturated heterocycles. The van der Waals surface area contributed by atoms with Crippen LogP contribution in [0, 0.1) is 0 Å². The van der Waals surface area contributed by atoms with Gasteiger partial charge in [-0.3, -0.25) is 9.59 Å². The van der Waals surface area contributed by atoms with Gasteiger partial charge in [-0.2, -0.15) is 0 Å². The predicted molar refractivity (Wildman–Crippen MR) is 113 cm³/mol. The molecule has 30 heavy (non-hydrogen) atoms. The number of primary amides is 1. The number of primary sulfonamides is 1. The minimum Gasteiger partial charge on any atom is -0.427 e. The van der Waals surface area contributed by atoms with E-state index in [1.54, 1.807) is 48.5 Å². The van der Waals surface area contributed by atoms with Crippen molar-refractivity contribution in [1.82, 2.24) is 0 Å². The Balaban J connectivity index is 2.11. The lowest BCUT2D eigenvalue weighted by Crippen LogP contribution is -2.14. The lowest BCUT2D eigenvalue weighted by Gasteiger charge is -2.14. The molecule has 0 aliphatic rings. The van der Waals surface area contributed by atoms with E-state index in [0.717, 1.165) is 5.56 Å². The van der Waals surface area contributed by atoms with E-state index in [9.17, 15) is 18.0 Å². The minimum absolute atomic E-state index is 0.0443. The number of esters is 1. The number of sulfonamides is 1. The van der Waals surface area contributed by atoms with E-state index in [1.165, 1.54) is 19.1 Å². The molecule has 0 heterocycles. The van der Waals surface area contributed by atoms with E-state index in [2.05, 4.69) is 0 Å². The van der Waals surface area contributed by atoms with Crippen LogP contribution in [0.2, 0.25) is 0 Å². The van der Waals surface area contributed by atoms with Crippen LogP contribution in [0.4, 0.5) is 5.69 Å². The third-order valence-corrected chi connectivity index (χ3v) is 5.32. The molecule has 0 spiro atoms. The standard InChI is InChI=1S/C21H19N3O5S/c1-12(25)29-16-6-2-13(3-7-16)15-10-18(20(22)19(11-15)21(23)26)14-4-8-17(9-5-14)30(24,27)28/h2-11H,22H2,1H3,(H2,23,26)(H2,24,27,28). The van der Waals surface area contributed by atoms with E-state index in [0.29, 0.717) is 22.4 Å². The summed E-state index contributed by atoms with van der Waals surface area (Å²) in [5.41, 5.74) is 14.4. The lowest BCUT2D eigenvalue weighted by atomic mass is 9.94. The van der Waals surface area contributed by atoms with Crippen LogP contribution in [0.15, 0.2) is 65.6 Å². The van der Waals surface area contributed by atoms with Gasteiger partial charge in [0.05, 0.1) is 16.1 Å². The van der Waals surface area contributed by atoms with Gasteiger partial charge in [0, 0.05) is 12.5 Å². The van der Waals surface area contributed by atoms with Gasteiger partial charge in [-0.25, -0.2) is 13.6 Å². The average molecular weight is 425 g/mol. The maximum atomic E-state index is 11.9. The number of carbonyl (C=O) groups excluding carboxylic acids is 2. The molecule has 0 aromatic heterocycles. The van der Waals surface area contributed by atoms with Crippen LogP contribution < -0.4 is 21.3 Å². The SMILES string of the molecule is CC(=O)Oc1ccc(-c2cc(C(N)=O)c(N)c(-c3ccc(S(N)(=O)=O)cc3)c2)cc1. The number of carbonyl (C=O) groups is 2. The van der Waals surface area contributed by atoms with Gasteiger partial charge < -0.3 is 16.2 Å². The Hall–Kier alpha value is -3.69. The molecular formula is C21H19N3O5S. The number of amides is 1. The minimum atomic E-state index is -3.84. The van der Waals surface area contributed by atoms with Crippen molar-refractivity contribution in [3.8, 4) is 28.0 Å². The molecule has 1 amide bonds. The van der Waals surface area contributed by atoms with Gasteiger partial charge in [-0.05, 0) is 53.1 Å². The first-order valence-electron chi connectivity index (χ1n) is 8.71. The summed E-state index contributed by atoms with van der Waals surface area (Å²) in [6.45, 7) is 1.31. The number of ether oxygens (including phenoxy) is 1. The van der Waals surface area contributed by atoms with Crippen molar-refractivity contribution in [2.75, 3.05) is 5.73 Å². The Morgan fingerprint density at radius 1 is 0.867 bits per heavy atom. The van der Waals surface area contributed by atoms with Gasteiger partial charge in [0.1, 0.15) is 5.75 Å².